The van der Waals surface area contributed by atoms with Crippen LogP contribution in [0.4, 0.5) is 22.7 Å². The standard InChI is InChI=1S/C14H18N4.C6H6.ClH/c1-9-6-12(3-5-13(9)16)18-8-10-7-11(15)2-4-14(10)17;1-2-4-6-5-3-1;/h2-7,18H,8,15-17H2,1H3;1-6H;1H. The van der Waals surface area contributed by atoms with Crippen LogP contribution in [0.3, 0.4) is 0 Å². The number of nitrogens with two attached hydrogens (primary N) is 3. The van der Waals surface area contributed by atoms with Gasteiger partial charge >= 0.3 is 0 Å². The smallest absolute Gasteiger partial charge is 0.0421 e. The van der Waals surface area contributed by atoms with Gasteiger partial charge in [0.1, 0.15) is 0 Å². The Bertz CT molecular complexity index is 749. The fourth-order valence-corrected chi connectivity index (χ4v) is 2.15. The van der Waals surface area contributed by atoms with Crippen LogP contribution in [0.5, 0.6) is 0 Å². The van der Waals surface area contributed by atoms with Crippen LogP contribution in [0.2, 0.25) is 0 Å². The Hall–Kier alpha value is -2.85. The average Bonchev–Trinajstić information content (AvgIpc) is 2.61. The number of halogens is 1. The molecule has 0 aliphatic carbocycles. The van der Waals surface area contributed by atoms with Gasteiger partial charge in [-0.1, -0.05) is 36.4 Å². The van der Waals surface area contributed by atoms with Crippen molar-refractivity contribution in [1.29, 1.82) is 0 Å². The molecule has 0 aliphatic heterocycles. The van der Waals surface area contributed by atoms with E-state index in [0.29, 0.717) is 6.54 Å². The van der Waals surface area contributed by atoms with Gasteiger partial charge < -0.3 is 22.5 Å². The average molecular weight is 357 g/mol. The molecule has 3 rings (SSSR count). The van der Waals surface area contributed by atoms with E-state index in [4.69, 9.17) is 17.2 Å². The number of rotatable bonds is 3. The molecular formula is C20H25ClN4. The topological polar surface area (TPSA) is 90.1 Å². The van der Waals surface area contributed by atoms with E-state index in [1.807, 2.05) is 73.7 Å². The Labute approximate surface area is 155 Å². The van der Waals surface area contributed by atoms with Gasteiger partial charge in [0.05, 0.1) is 0 Å². The predicted octanol–water partition coefficient (Wildman–Crippen LogP) is 4.46. The first kappa shape index (κ1) is 20.2. The van der Waals surface area contributed by atoms with Crippen molar-refractivity contribution in [1.82, 2.24) is 0 Å². The monoisotopic (exact) mass is 356 g/mol. The largest absolute Gasteiger partial charge is 0.399 e. The molecule has 0 spiro atoms. The Morgan fingerprint density at radius 1 is 0.760 bits per heavy atom. The third-order valence-electron chi connectivity index (χ3n) is 3.59. The Morgan fingerprint density at radius 3 is 1.88 bits per heavy atom. The first-order valence-electron chi connectivity index (χ1n) is 7.80. The summed E-state index contributed by atoms with van der Waals surface area (Å²) >= 11 is 0. The molecule has 0 heterocycles. The minimum absolute atomic E-state index is 0. The highest BCUT2D eigenvalue weighted by Crippen LogP contribution is 2.20. The van der Waals surface area contributed by atoms with Gasteiger partial charge in [-0.05, 0) is 54.4 Å². The molecule has 0 radical (unpaired) electrons. The normalized spacial score (nSPS) is 9.32. The zero-order valence-electron chi connectivity index (χ0n) is 14.3. The first-order chi connectivity index (χ1) is 11.6. The minimum Gasteiger partial charge on any atom is -0.399 e. The number of hydrogen-bond acceptors (Lipinski definition) is 4. The van der Waals surface area contributed by atoms with Crippen molar-refractivity contribution >= 4 is 35.2 Å². The van der Waals surface area contributed by atoms with Crippen molar-refractivity contribution in [2.24, 2.45) is 0 Å². The van der Waals surface area contributed by atoms with Crippen molar-refractivity contribution in [3.05, 3.63) is 83.9 Å². The van der Waals surface area contributed by atoms with Crippen LogP contribution in [0, 0.1) is 6.92 Å². The maximum Gasteiger partial charge on any atom is 0.0421 e. The van der Waals surface area contributed by atoms with E-state index in [1.54, 1.807) is 6.07 Å². The minimum atomic E-state index is 0. The summed E-state index contributed by atoms with van der Waals surface area (Å²) in [5.41, 5.74) is 22.7. The van der Waals surface area contributed by atoms with Gasteiger partial charge in [-0.25, -0.2) is 0 Å². The van der Waals surface area contributed by atoms with E-state index in [0.717, 1.165) is 33.9 Å². The molecule has 0 bridgehead atoms. The summed E-state index contributed by atoms with van der Waals surface area (Å²) < 4.78 is 0. The highest BCUT2D eigenvalue weighted by atomic mass is 35.5. The summed E-state index contributed by atoms with van der Waals surface area (Å²) in [6.07, 6.45) is 0. The molecule has 0 aromatic heterocycles. The predicted molar refractivity (Wildman–Crippen MR) is 112 cm³/mol. The Morgan fingerprint density at radius 2 is 1.32 bits per heavy atom. The third-order valence-corrected chi connectivity index (χ3v) is 3.59. The molecule has 0 saturated carbocycles. The molecule has 5 heteroatoms. The van der Waals surface area contributed by atoms with Crippen molar-refractivity contribution in [2.75, 3.05) is 22.5 Å². The van der Waals surface area contributed by atoms with Crippen LogP contribution in [0.1, 0.15) is 11.1 Å². The van der Waals surface area contributed by atoms with Crippen LogP contribution >= 0.6 is 12.4 Å². The Kier molecular flexibility index (Phi) is 8.16. The second-order valence-corrected chi connectivity index (χ2v) is 5.54. The summed E-state index contributed by atoms with van der Waals surface area (Å²) in [5.74, 6) is 0. The molecule has 0 atom stereocenters. The SMILES string of the molecule is Cc1cc(NCc2cc(N)ccc2N)ccc1N.Cl.c1ccccc1. The van der Waals surface area contributed by atoms with Crippen molar-refractivity contribution in [2.45, 2.75) is 13.5 Å². The van der Waals surface area contributed by atoms with E-state index < -0.39 is 0 Å². The van der Waals surface area contributed by atoms with Gasteiger partial charge in [0.15, 0.2) is 0 Å². The second-order valence-electron chi connectivity index (χ2n) is 5.54. The van der Waals surface area contributed by atoms with Gasteiger partial charge in [0.25, 0.3) is 0 Å². The van der Waals surface area contributed by atoms with Crippen molar-refractivity contribution in [3.63, 3.8) is 0 Å². The van der Waals surface area contributed by atoms with E-state index in [9.17, 15) is 0 Å². The molecule has 0 aliphatic rings. The number of benzene rings is 3. The molecule has 0 fully saturated rings. The first-order valence-corrected chi connectivity index (χ1v) is 7.80. The highest BCUT2D eigenvalue weighted by molar-refractivity contribution is 5.85. The van der Waals surface area contributed by atoms with E-state index in [1.165, 1.54) is 0 Å². The number of anilines is 4. The van der Waals surface area contributed by atoms with E-state index in [-0.39, 0.29) is 12.4 Å². The third kappa shape index (κ3) is 6.65. The summed E-state index contributed by atoms with van der Waals surface area (Å²) in [6.45, 7) is 2.62. The van der Waals surface area contributed by atoms with Crippen LogP contribution in [-0.2, 0) is 6.54 Å². The number of nitrogen functional groups attached to an aromatic ring is 3. The summed E-state index contributed by atoms with van der Waals surface area (Å²) in [7, 11) is 0. The molecule has 3 aromatic rings. The number of aryl methyl sites for hydroxylation is 1. The van der Waals surface area contributed by atoms with Gasteiger partial charge in [0, 0.05) is 29.3 Å². The van der Waals surface area contributed by atoms with Crippen LogP contribution < -0.4 is 22.5 Å². The number of nitrogens with one attached hydrogen (secondary N) is 1. The Balaban J connectivity index is 0.000000379. The molecule has 0 saturated heterocycles. The lowest BCUT2D eigenvalue weighted by atomic mass is 10.1. The lowest BCUT2D eigenvalue weighted by molar-refractivity contribution is 1.15. The zero-order valence-corrected chi connectivity index (χ0v) is 15.1. The van der Waals surface area contributed by atoms with Crippen molar-refractivity contribution < 1.29 is 0 Å². The van der Waals surface area contributed by atoms with Crippen molar-refractivity contribution in [3.8, 4) is 0 Å². The fraction of sp³-hybridized carbons (Fsp3) is 0.100. The molecule has 0 amide bonds. The van der Waals surface area contributed by atoms with Crippen LogP contribution in [0.25, 0.3) is 0 Å². The van der Waals surface area contributed by atoms with Gasteiger partial charge in [0.2, 0.25) is 0 Å². The molecule has 4 nitrogen and oxygen atoms in total. The maximum atomic E-state index is 5.89. The summed E-state index contributed by atoms with van der Waals surface area (Å²) in [5, 5.41) is 3.31. The second kappa shape index (κ2) is 10.1. The number of hydrogen-bond donors (Lipinski definition) is 4. The van der Waals surface area contributed by atoms with Crippen LogP contribution in [0.15, 0.2) is 72.8 Å². The molecular weight excluding hydrogens is 332 g/mol. The van der Waals surface area contributed by atoms with E-state index >= 15 is 0 Å². The molecule has 132 valence electrons. The van der Waals surface area contributed by atoms with Gasteiger partial charge in [-0.15, -0.1) is 12.4 Å². The lowest BCUT2D eigenvalue weighted by Gasteiger charge is -2.11. The quantitative estimate of drug-likeness (QED) is 0.521. The van der Waals surface area contributed by atoms with Crippen LogP contribution in [-0.4, -0.2) is 0 Å². The molecule has 0 unspecified atom stereocenters. The highest BCUT2D eigenvalue weighted by Gasteiger charge is 2.01. The molecule has 25 heavy (non-hydrogen) atoms. The lowest BCUT2D eigenvalue weighted by Crippen LogP contribution is -2.04. The van der Waals surface area contributed by atoms with Gasteiger partial charge in [-0.2, -0.15) is 0 Å². The maximum absolute atomic E-state index is 5.89. The fourth-order valence-electron chi connectivity index (χ4n) is 2.15. The summed E-state index contributed by atoms with van der Waals surface area (Å²) in [4.78, 5) is 0. The molecule has 3 aromatic carbocycles. The zero-order chi connectivity index (χ0) is 17.4. The molecule has 7 N–H and O–H groups in total. The van der Waals surface area contributed by atoms with Gasteiger partial charge in [-0.3, -0.25) is 0 Å². The van der Waals surface area contributed by atoms with E-state index in [2.05, 4.69) is 5.32 Å². The summed E-state index contributed by atoms with van der Waals surface area (Å²) in [6, 6.07) is 23.3.